The summed E-state index contributed by atoms with van der Waals surface area (Å²) in [7, 11) is 1.63. The van der Waals surface area contributed by atoms with Crippen LogP contribution in [-0.4, -0.2) is 13.9 Å². The minimum atomic E-state index is 0.252. The van der Waals surface area contributed by atoms with Crippen LogP contribution in [-0.2, 0) is 6.42 Å². The molecule has 0 aromatic heterocycles. The van der Waals surface area contributed by atoms with Gasteiger partial charge in [-0.3, -0.25) is 0 Å². The number of hydrogen-bond acceptors (Lipinski definition) is 3. The molecule has 0 spiro atoms. The fraction of sp³-hybridized carbons (Fsp3) is 0.273. The second-order valence-electron chi connectivity index (χ2n) is 3.01. The van der Waals surface area contributed by atoms with Gasteiger partial charge in [0.2, 0.25) is 6.79 Å². The van der Waals surface area contributed by atoms with Gasteiger partial charge in [0.25, 0.3) is 0 Å². The molecule has 0 aliphatic carbocycles. The summed E-state index contributed by atoms with van der Waals surface area (Å²) in [4.78, 5) is 0. The van der Waals surface area contributed by atoms with Crippen LogP contribution in [0.3, 0.4) is 0 Å². The van der Waals surface area contributed by atoms with E-state index in [2.05, 4.69) is 6.58 Å². The van der Waals surface area contributed by atoms with Crippen molar-refractivity contribution in [2.45, 2.75) is 6.42 Å². The molecule has 2 rings (SSSR count). The summed E-state index contributed by atoms with van der Waals surface area (Å²) in [6.07, 6.45) is 2.61. The van der Waals surface area contributed by atoms with Crippen LogP contribution in [0, 0.1) is 0 Å². The Morgan fingerprint density at radius 3 is 2.93 bits per heavy atom. The number of rotatable bonds is 3. The fourth-order valence-corrected chi connectivity index (χ4v) is 1.46. The van der Waals surface area contributed by atoms with E-state index in [1.54, 1.807) is 7.11 Å². The first-order valence-electron chi connectivity index (χ1n) is 4.42. The second kappa shape index (κ2) is 3.62. The molecule has 74 valence electrons. The molecular weight excluding hydrogens is 180 g/mol. The van der Waals surface area contributed by atoms with Crippen LogP contribution in [0.1, 0.15) is 5.56 Å². The Morgan fingerprint density at radius 2 is 2.21 bits per heavy atom. The Hall–Kier alpha value is -1.64. The number of ether oxygens (including phenoxy) is 3. The molecule has 14 heavy (non-hydrogen) atoms. The summed E-state index contributed by atoms with van der Waals surface area (Å²) in [5.41, 5.74) is 1.07. The van der Waals surface area contributed by atoms with Crippen LogP contribution in [0.2, 0.25) is 0 Å². The molecule has 1 aromatic carbocycles. The van der Waals surface area contributed by atoms with Crippen LogP contribution in [0.15, 0.2) is 24.8 Å². The first kappa shape index (κ1) is 8.94. The van der Waals surface area contributed by atoms with Gasteiger partial charge in [0, 0.05) is 11.6 Å². The molecular formula is C11H12O3. The highest BCUT2D eigenvalue weighted by Crippen LogP contribution is 2.37. The Morgan fingerprint density at radius 1 is 1.43 bits per heavy atom. The molecule has 1 heterocycles. The first-order valence-corrected chi connectivity index (χ1v) is 4.42. The zero-order valence-electron chi connectivity index (χ0n) is 8.08. The highest BCUT2D eigenvalue weighted by Gasteiger charge is 2.16. The SMILES string of the molecule is C=CCc1cc(OC)c2cc1OCO2. The summed E-state index contributed by atoms with van der Waals surface area (Å²) in [6.45, 7) is 3.95. The van der Waals surface area contributed by atoms with E-state index in [1.807, 2.05) is 18.2 Å². The van der Waals surface area contributed by atoms with Gasteiger partial charge in [-0.05, 0) is 12.5 Å². The Balaban J connectivity index is 2.46. The molecule has 2 bridgehead atoms. The van der Waals surface area contributed by atoms with E-state index < -0.39 is 0 Å². The third-order valence-electron chi connectivity index (χ3n) is 2.14. The van der Waals surface area contributed by atoms with E-state index in [4.69, 9.17) is 14.2 Å². The topological polar surface area (TPSA) is 27.7 Å². The first-order chi connectivity index (χ1) is 6.85. The van der Waals surface area contributed by atoms with E-state index in [9.17, 15) is 0 Å². The van der Waals surface area contributed by atoms with Gasteiger partial charge in [-0.25, -0.2) is 0 Å². The lowest BCUT2D eigenvalue weighted by molar-refractivity contribution is 0.100. The predicted molar refractivity (Wildman–Crippen MR) is 53.0 cm³/mol. The molecule has 1 aliphatic rings. The van der Waals surface area contributed by atoms with Crippen LogP contribution in [0.25, 0.3) is 0 Å². The van der Waals surface area contributed by atoms with Gasteiger partial charge in [0.15, 0.2) is 11.5 Å². The molecule has 3 heteroatoms. The minimum absolute atomic E-state index is 0.252. The van der Waals surface area contributed by atoms with Crippen molar-refractivity contribution in [3.63, 3.8) is 0 Å². The van der Waals surface area contributed by atoms with Crippen molar-refractivity contribution in [3.8, 4) is 17.2 Å². The summed E-state index contributed by atoms with van der Waals surface area (Å²) < 4.78 is 15.8. The van der Waals surface area contributed by atoms with E-state index in [1.165, 1.54) is 0 Å². The average Bonchev–Trinajstić information content (AvgIpc) is 2.23. The molecule has 1 aromatic rings. The Bertz CT molecular complexity index is 358. The summed E-state index contributed by atoms with van der Waals surface area (Å²) in [6, 6.07) is 3.77. The summed E-state index contributed by atoms with van der Waals surface area (Å²) in [5, 5.41) is 0. The zero-order chi connectivity index (χ0) is 9.97. The number of allylic oxidation sites excluding steroid dienone is 1. The van der Waals surface area contributed by atoms with Crippen molar-refractivity contribution in [2.75, 3.05) is 13.9 Å². The molecule has 0 atom stereocenters. The predicted octanol–water partition coefficient (Wildman–Crippen LogP) is 2.15. The van der Waals surface area contributed by atoms with Crippen molar-refractivity contribution >= 4 is 0 Å². The molecule has 0 radical (unpaired) electrons. The van der Waals surface area contributed by atoms with Crippen LogP contribution in [0.5, 0.6) is 17.2 Å². The van der Waals surface area contributed by atoms with Gasteiger partial charge in [0.05, 0.1) is 7.11 Å². The minimum Gasteiger partial charge on any atom is -0.493 e. The van der Waals surface area contributed by atoms with E-state index in [0.717, 1.165) is 29.2 Å². The largest absolute Gasteiger partial charge is 0.493 e. The van der Waals surface area contributed by atoms with Crippen molar-refractivity contribution < 1.29 is 14.2 Å². The smallest absolute Gasteiger partial charge is 0.231 e. The molecule has 0 saturated carbocycles. The zero-order valence-corrected chi connectivity index (χ0v) is 8.08. The van der Waals surface area contributed by atoms with Crippen LogP contribution in [0.4, 0.5) is 0 Å². The van der Waals surface area contributed by atoms with E-state index in [-0.39, 0.29) is 6.79 Å². The van der Waals surface area contributed by atoms with Crippen LogP contribution >= 0.6 is 0 Å². The lowest BCUT2D eigenvalue weighted by Crippen LogP contribution is -2.12. The number of methoxy groups -OCH3 is 1. The van der Waals surface area contributed by atoms with Crippen molar-refractivity contribution in [1.29, 1.82) is 0 Å². The van der Waals surface area contributed by atoms with Gasteiger partial charge < -0.3 is 14.2 Å². The lowest BCUT2D eigenvalue weighted by atomic mass is 10.1. The molecule has 0 fully saturated rings. The Kier molecular flexibility index (Phi) is 2.31. The average molecular weight is 192 g/mol. The van der Waals surface area contributed by atoms with E-state index in [0.29, 0.717) is 0 Å². The summed E-state index contributed by atoms with van der Waals surface area (Å²) >= 11 is 0. The molecule has 0 unspecified atom stereocenters. The molecule has 3 nitrogen and oxygen atoms in total. The Labute approximate surface area is 82.9 Å². The number of hydrogen-bond donors (Lipinski definition) is 0. The van der Waals surface area contributed by atoms with Gasteiger partial charge in [-0.15, -0.1) is 6.58 Å². The normalized spacial score (nSPS) is 12.6. The molecule has 0 amide bonds. The number of benzene rings is 1. The fourth-order valence-electron chi connectivity index (χ4n) is 1.46. The molecule has 1 aliphatic heterocycles. The van der Waals surface area contributed by atoms with Gasteiger partial charge in [0.1, 0.15) is 5.75 Å². The van der Waals surface area contributed by atoms with E-state index >= 15 is 0 Å². The summed E-state index contributed by atoms with van der Waals surface area (Å²) in [5.74, 6) is 2.34. The van der Waals surface area contributed by atoms with Gasteiger partial charge >= 0.3 is 0 Å². The monoisotopic (exact) mass is 192 g/mol. The third-order valence-corrected chi connectivity index (χ3v) is 2.14. The lowest BCUT2D eigenvalue weighted by Gasteiger charge is -2.20. The maximum atomic E-state index is 5.34. The maximum absolute atomic E-state index is 5.34. The van der Waals surface area contributed by atoms with Crippen molar-refractivity contribution in [3.05, 3.63) is 30.4 Å². The molecule has 0 saturated heterocycles. The van der Waals surface area contributed by atoms with Gasteiger partial charge in [-0.2, -0.15) is 0 Å². The number of fused-ring (bicyclic) bond motifs is 2. The quantitative estimate of drug-likeness (QED) is 0.687. The third kappa shape index (κ3) is 1.41. The highest BCUT2D eigenvalue weighted by atomic mass is 16.7. The van der Waals surface area contributed by atoms with Crippen molar-refractivity contribution in [2.24, 2.45) is 0 Å². The van der Waals surface area contributed by atoms with Gasteiger partial charge in [-0.1, -0.05) is 6.08 Å². The second-order valence-corrected chi connectivity index (χ2v) is 3.01. The van der Waals surface area contributed by atoms with Crippen LogP contribution < -0.4 is 14.2 Å². The standard InChI is InChI=1S/C11H12O3/c1-3-4-8-5-10(12-2)11-6-9(8)13-7-14-11/h3,5-6H,1,4,7H2,2H3. The maximum Gasteiger partial charge on any atom is 0.231 e. The molecule has 0 N–H and O–H groups in total. The van der Waals surface area contributed by atoms with Crippen molar-refractivity contribution in [1.82, 2.24) is 0 Å². The highest BCUT2D eigenvalue weighted by molar-refractivity contribution is 5.52.